The molecule has 0 amide bonds. The zero-order valence-corrected chi connectivity index (χ0v) is 18.2. The number of aryl methyl sites for hydroxylation is 2. The van der Waals surface area contributed by atoms with E-state index in [1.54, 1.807) is 12.4 Å². The van der Waals surface area contributed by atoms with Gasteiger partial charge in [-0.3, -0.25) is 4.98 Å². The average molecular weight is 440 g/mol. The van der Waals surface area contributed by atoms with Gasteiger partial charge < -0.3 is 14.2 Å². The number of nitrogens with zero attached hydrogens (tertiary/aromatic N) is 6. The zero-order valence-electron chi connectivity index (χ0n) is 18.2. The van der Waals surface area contributed by atoms with Gasteiger partial charge in [-0.05, 0) is 45.0 Å². The highest BCUT2D eigenvalue weighted by Crippen LogP contribution is 2.35. The highest BCUT2D eigenvalue weighted by Gasteiger charge is 2.21. The quantitative estimate of drug-likeness (QED) is 0.425. The summed E-state index contributed by atoms with van der Waals surface area (Å²) in [5.41, 5.74) is 4.67. The number of carboxylic acids is 1. The summed E-state index contributed by atoms with van der Waals surface area (Å²) in [5, 5.41) is 14.2. The first kappa shape index (κ1) is 20.5. The maximum atomic E-state index is 11.5. The molecule has 1 atom stereocenters. The lowest BCUT2D eigenvalue weighted by Crippen LogP contribution is -2.07. The minimum atomic E-state index is -1.11. The fourth-order valence-electron chi connectivity index (χ4n) is 4.01. The number of hydrogen-bond acceptors (Lipinski definition) is 7. The molecule has 9 heteroatoms. The minimum absolute atomic E-state index is 0.0755. The lowest BCUT2D eigenvalue weighted by atomic mass is 10.0. The number of rotatable bonds is 5. The number of fused-ring (bicyclic) bond motifs is 1. The summed E-state index contributed by atoms with van der Waals surface area (Å²) in [5.74, 6) is -0.107. The number of pyridine rings is 2. The van der Waals surface area contributed by atoms with E-state index in [1.807, 2.05) is 55.8 Å². The molecule has 0 spiro atoms. The number of aromatic nitrogens is 6. The maximum absolute atomic E-state index is 11.5. The molecule has 5 heterocycles. The second kappa shape index (κ2) is 7.94. The second-order valence-corrected chi connectivity index (χ2v) is 7.75. The second-order valence-electron chi connectivity index (χ2n) is 7.75. The molecule has 0 saturated carbocycles. The molecule has 0 aliphatic rings. The van der Waals surface area contributed by atoms with Gasteiger partial charge in [0.1, 0.15) is 11.4 Å². The van der Waals surface area contributed by atoms with Crippen LogP contribution in [-0.4, -0.2) is 40.7 Å². The van der Waals surface area contributed by atoms with E-state index in [2.05, 4.69) is 20.1 Å². The summed E-state index contributed by atoms with van der Waals surface area (Å²) < 4.78 is 7.34. The van der Waals surface area contributed by atoms with E-state index in [0.717, 1.165) is 27.9 Å². The van der Waals surface area contributed by atoms with Crippen LogP contribution < -0.4 is 0 Å². The number of carbonyl (C=O) groups is 1. The van der Waals surface area contributed by atoms with Gasteiger partial charge in [0.05, 0.1) is 17.4 Å². The standard InChI is InChI=1S/C24H20N6O3/c1-13-21(15(3)33-29-13)16-10-17-18(22-26-9-7-20(28-22)24(31)32)12-30(23(17)27-11-16)14(2)19-6-4-5-8-25-19/h4-12,14H,1-3H3,(H,31,32). The van der Waals surface area contributed by atoms with Crippen molar-refractivity contribution in [2.24, 2.45) is 0 Å². The largest absolute Gasteiger partial charge is 0.477 e. The van der Waals surface area contributed by atoms with E-state index in [9.17, 15) is 9.90 Å². The Hall–Kier alpha value is -4.40. The molecule has 9 nitrogen and oxygen atoms in total. The van der Waals surface area contributed by atoms with Crippen molar-refractivity contribution in [3.05, 3.63) is 78.0 Å². The molecule has 1 N–H and O–H groups in total. The van der Waals surface area contributed by atoms with Crippen LogP contribution in [0, 0.1) is 13.8 Å². The molecule has 0 aliphatic carbocycles. The molecule has 5 aromatic heterocycles. The Bertz CT molecular complexity index is 1470. The maximum Gasteiger partial charge on any atom is 0.354 e. The van der Waals surface area contributed by atoms with Crippen LogP contribution in [0.5, 0.6) is 0 Å². The van der Waals surface area contributed by atoms with Gasteiger partial charge in [-0.2, -0.15) is 0 Å². The van der Waals surface area contributed by atoms with E-state index < -0.39 is 5.97 Å². The van der Waals surface area contributed by atoms with Gasteiger partial charge in [0.15, 0.2) is 11.5 Å². The fourth-order valence-corrected chi connectivity index (χ4v) is 4.01. The summed E-state index contributed by atoms with van der Waals surface area (Å²) >= 11 is 0. The first-order valence-electron chi connectivity index (χ1n) is 10.4. The highest BCUT2D eigenvalue weighted by atomic mass is 16.5. The van der Waals surface area contributed by atoms with Gasteiger partial charge in [-0.25, -0.2) is 19.7 Å². The van der Waals surface area contributed by atoms with Crippen molar-refractivity contribution in [3.63, 3.8) is 0 Å². The summed E-state index contributed by atoms with van der Waals surface area (Å²) in [6.45, 7) is 5.77. The highest BCUT2D eigenvalue weighted by molar-refractivity contribution is 5.95. The van der Waals surface area contributed by atoms with Gasteiger partial charge in [0, 0.05) is 46.9 Å². The Morgan fingerprint density at radius 3 is 2.67 bits per heavy atom. The van der Waals surface area contributed by atoms with Crippen LogP contribution in [0.25, 0.3) is 33.5 Å². The lowest BCUT2D eigenvalue weighted by molar-refractivity contribution is 0.0690. The molecular formula is C24H20N6O3. The third-order valence-corrected chi connectivity index (χ3v) is 5.64. The van der Waals surface area contributed by atoms with E-state index in [0.29, 0.717) is 22.8 Å². The number of aromatic carboxylic acids is 1. The average Bonchev–Trinajstić information content (AvgIpc) is 3.38. The van der Waals surface area contributed by atoms with Crippen molar-refractivity contribution < 1.29 is 14.4 Å². The Labute approximate surface area is 188 Å². The van der Waals surface area contributed by atoms with Crippen LogP contribution in [0.15, 0.2) is 59.6 Å². The summed E-state index contributed by atoms with van der Waals surface area (Å²) in [6, 6.07) is 9.00. The number of hydrogen-bond donors (Lipinski definition) is 1. The zero-order chi connectivity index (χ0) is 23.1. The summed E-state index contributed by atoms with van der Waals surface area (Å²) in [6.07, 6.45) is 6.88. The molecule has 5 aromatic rings. The van der Waals surface area contributed by atoms with Gasteiger partial charge in [-0.1, -0.05) is 11.2 Å². The van der Waals surface area contributed by atoms with Crippen LogP contribution >= 0.6 is 0 Å². The van der Waals surface area contributed by atoms with Gasteiger partial charge >= 0.3 is 5.97 Å². The van der Waals surface area contributed by atoms with Crippen molar-refractivity contribution in [1.82, 2.24) is 29.7 Å². The first-order chi connectivity index (χ1) is 15.9. The molecule has 33 heavy (non-hydrogen) atoms. The van der Waals surface area contributed by atoms with Crippen LogP contribution in [0.1, 0.15) is 40.6 Å². The Morgan fingerprint density at radius 2 is 1.97 bits per heavy atom. The smallest absolute Gasteiger partial charge is 0.354 e. The van der Waals surface area contributed by atoms with E-state index in [4.69, 9.17) is 9.51 Å². The molecule has 0 radical (unpaired) electrons. The summed E-state index contributed by atoms with van der Waals surface area (Å²) in [4.78, 5) is 29.4. The molecule has 0 aliphatic heterocycles. The monoisotopic (exact) mass is 440 g/mol. The SMILES string of the molecule is Cc1noc(C)c1-c1cnc2c(c1)c(-c1nccc(C(=O)O)n1)cn2C(C)c1ccccn1. The topological polar surface area (TPSA) is 120 Å². The third kappa shape index (κ3) is 3.53. The predicted molar refractivity (Wildman–Crippen MR) is 121 cm³/mol. The van der Waals surface area contributed by atoms with Crippen molar-refractivity contribution >= 4 is 17.0 Å². The lowest BCUT2D eigenvalue weighted by Gasteiger charge is -2.14. The van der Waals surface area contributed by atoms with Crippen LogP contribution in [0.4, 0.5) is 0 Å². The Kier molecular flexibility index (Phi) is 4.93. The van der Waals surface area contributed by atoms with Gasteiger partial charge in [0.2, 0.25) is 0 Å². The first-order valence-corrected chi connectivity index (χ1v) is 10.4. The third-order valence-electron chi connectivity index (χ3n) is 5.64. The molecular weight excluding hydrogens is 420 g/mol. The normalized spacial score (nSPS) is 12.2. The molecule has 0 saturated heterocycles. The molecule has 0 bridgehead atoms. The van der Waals surface area contributed by atoms with Gasteiger partial charge in [-0.15, -0.1) is 0 Å². The van der Waals surface area contributed by atoms with Gasteiger partial charge in [0.25, 0.3) is 0 Å². The molecule has 1 unspecified atom stereocenters. The van der Waals surface area contributed by atoms with E-state index in [1.165, 1.54) is 12.3 Å². The van der Waals surface area contributed by atoms with E-state index >= 15 is 0 Å². The Morgan fingerprint density at radius 1 is 1.12 bits per heavy atom. The van der Waals surface area contributed by atoms with Crippen LogP contribution in [0.2, 0.25) is 0 Å². The van der Waals surface area contributed by atoms with Crippen molar-refractivity contribution in [2.45, 2.75) is 26.8 Å². The van der Waals surface area contributed by atoms with E-state index in [-0.39, 0.29) is 11.7 Å². The van der Waals surface area contributed by atoms with Crippen molar-refractivity contribution in [2.75, 3.05) is 0 Å². The predicted octanol–water partition coefficient (Wildman–Crippen LogP) is 4.47. The molecule has 164 valence electrons. The van der Waals surface area contributed by atoms with Crippen LogP contribution in [-0.2, 0) is 0 Å². The molecule has 5 rings (SSSR count). The molecule has 0 aromatic carbocycles. The molecule has 0 fully saturated rings. The van der Waals surface area contributed by atoms with Crippen molar-refractivity contribution in [1.29, 1.82) is 0 Å². The summed E-state index contributed by atoms with van der Waals surface area (Å²) in [7, 11) is 0. The fraction of sp³-hybridized carbons (Fsp3) is 0.167. The Balaban J connectivity index is 1.76. The minimum Gasteiger partial charge on any atom is -0.477 e. The van der Waals surface area contributed by atoms with Crippen molar-refractivity contribution in [3.8, 4) is 22.5 Å². The number of carboxylic acid groups (broad SMARTS) is 1. The van der Waals surface area contributed by atoms with Crippen LogP contribution in [0.3, 0.4) is 0 Å².